The van der Waals surface area contributed by atoms with Crippen molar-refractivity contribution in [1.82, 2.24) is 14.4 Å². The molecule has 0 spiro atoms. The Hall–Kier alpha value is -3.32. The van der Waals surface area contributed by atoms with Crippen LogP contribution in [0.2, 0.25) is 0 Å². The standard InChI is InChI=1S/C31H41N3O4/c1-23-27(22-24-12-14-25(15-13-24)29(35)37-5)26-10-6-7-11-28(26)34(23)17-9-8-16-32-18-20-33(21-19-32)30(36)38-31(2,3)4/h6-7,10-15H,8-9,16-22H2,1-5H3. The predicted octanol–water partition coefficient (Wildman–Crippen LogP) is 5.66. The summed E-state index contributed by atoms with van der Waals surface area (Å²) in [6.07, 6.45) is 2.83. The summed E-state index contributed by atoms with van der Waals surface area (Å²) >= 11 is 0. The quantitative estimate of drug-likeness (QED) is 0.284. The molecule has 0 radical (unpaired) electrons. The molecule has 204 valence electrons. The minimum absolute atomic E-state index is 0.206. The zero-order chi connectivity index (χ0) is 27.3. The van der Waals surface area contributed by atoms with E-state index in [2.05, 4.69) is 40.7 Å². The first-order valence-electron chi connectivity index (χ1n) is 13.6. The fourth-order valence-electron chi connectivity index (χ4n) is 5.18. The Bertz CT molecular complexity index is 1250. The summed E-state index contributed by atoms with van der Waals surface area (Å²) in [5.74, 6) is -0.311. The number of aryl methyl sites for hydroxylation is 1. The molecule has 1 aliphatic heterocycles. The first-order valence-corrected chi connectivity index (χ1v) is 13.6. The van der Waals surface area contributed by atoms with Crippen LogP contribution in [-0.2, 0) is 22.4 Å². The number of carbonyl (C=O) groups excluding carboxylic acids is 2. The van der Waals surface area contributed by atoms with Crippen molar-refractivity contribution in [2.75, 3.05) is 39.8 Å². The number of piperazine rings is 1. The van der Waals surface area contributed by atoms with Crippen LogP contribution >= 0.6 is 0 Å². The molecule has 1 aliphatic rings. The number of aromatic nitrogens is 1. The summed E-state index contributed by atoms with van der Waals surface area (Å²) in [7, 11) is 1.40. The van der Waals surface area contributed by atoms with E-state index in [1.54, 1.807) is 0 Å². The van der Waals surface area contributed by atoms with Crippen molar-refractivity contribution in [3.05, 3.63) is 70.9 Å². The van der Waals surface area contributed by atoms with Crippen LogP contribution in [-0.4, -0.2) is 71.9 Å². The van der Waals surface area contributed by atoms with E-state index in [9.17, 15) is 9.59 Å². The lowest BCUT2D eigenvalue weighted by atomic mass is 10.0. The van der Waals surface area contributed by atoms with Crippen LogP contribution in [0, 0.1) is 6.92 Å². The van der Waals surface area contributed by atoms with Crippen LogP contribution in [0.3, 0.4) is 0 Å². The predicted molar refractivity (Wildman–Crippen MR) is 151 cm³/mol. The van der Waals surface area contributed by atoms with Gasteiger partial charge in [0.25, 0.3) is 0 Å². The van der Waals surface area contributed by atoms with E-state index >= 15 is 0 Å². The van der Waals surface area contributed by atoms with Gasteiger partial charge in [0.05, 0.1) is 12.7 Å². The molecule has 1 saturated heterocycles. The first-order chi connectivity index (χ1) is 18.2. The van der Waals surface area contributed by atoms with Gasteiger partial charge in [-0.1, -0.05) is 30.3 Å². The molecule has 0 unspecified atom stereocenters. The third-order valence-electron chi connectivity index (χ3n) is 7.25. The highest BCUT2D eigenvalue weighted by Gasteiger charge is 2.25. The molecular formula is C31H41N3O4. The minimum atomic E-state index is -0.454. The number of hydrogen-bond donors (Lipinski definition) is 0. The molecule has 0 aliphatic carbocycles. The first kappa shape index (κ1) is 27.7. The zero-order valence-corrected chi connectivity index (χ0v) is 23.5. The fourth-order valence-corrected chi connectivity index (χ4v) is 5.18. The van der Waals surface area contributed by atoms with Crippen LogP contribution in [0.5, 0.6) is 0 Å². The van der Waals surface area contributed by atoms with Crippen molar-refractivity contribution >= 4 is 23.0 Å². The Morgan fingerprint density at radius 3 is 2.21 bits per heavy atom. The van der Waals surface area contributed by atoms with Gasteiger partial charge >= 0.3 is 12.1 Å². The van der Waals surface area contributed by atoms with E-state index in [0.717, 1.165) is 58.5 Å². The number of nitrogens with zero attached hydrogens (tertiary/aromatic N) is 3. The maximum absolute atomic E-state index is 12.3. The summed E-state index contributed by atoms with van der Waals surface area (Å²) in [4.78, 5) is 28.4. The van der Waals surface area contributed by atoms with E-state index in [0.29, 0.717) is 5.56 Å². The summed E-state index contributed by atoms with van der Waals surface area (Å²) in [6, 6.07) is 16.3. The van der Waals surface area contributed by atoms with Gasteiger partial charge in [0.15, 0.2) is 0 Å². The molecule has 1 amide bonds. The van der Waals surface area contributed by atoms with Crippen LogP contribution in [0.1, 0.15) is 60.8 Å². The average Bonchev–Trinajstić information content (AvgIpc) is 3.16. The summed E-state index contributed by atoms with van der Waals surface area (Å²) in [5, 5.41) is 1.29. The van der Waals surface area contributed by atoms with Gasteiger partial charge < -0.3 is 18.9 Å². The molecule has 0 saturated carbocycles. The largest absolute Gasteiger partial charge is 0.465 e. The third kappa shape index (κ3) is 6.76. The number of esters is 1. The number of methoxy groups -OCH3 is 1. The van der Waals surface area contributed by atoms with E-state index < -0.39 is 5.60 Å². The number of benzene rings is 2. The Kier molecular flexibility index (Phi) is 8.77. The van der Waals surface area contributed by atoms with Gasteiger partial charge in [-0.15, -0.1) is 0 Å². The Morgan fingerprint density at radius 1 is 0.895 bits per heavy atom. The maximum atomic E-state index is 12.3. The van der Waals surface area contributed by atoms with Crippen molar-refractivity contribution in [1.29, 1.82) is 0 Å². The summed E-state index contributed by atoms with van der Waals surface area (Å²) in [6.45, 7) is 13.2. The fraction of sp³-hybridized carbons (Fsp3) is 0.484. The smallest absolute Gasteiger partial charge is 0.410 e. The van der Waals surface area contributed by atoms with Crippen molar-refractivity contribution < 1.29 is 19.1 Å². The molecule has 0 N–H and O–H groups in total. The maximum Gasteiger partial charge on any atom is 0.410 e. The molecule has 2 aromatic carbocycles. The highest BCUT2D eigenvalue weighted by atomic mass is 16.6. The lowest BCUT2D eigenvalue weighted by Crippen LogP contribution is -2.50. The average molecular weight is 520 g/mol. The van der Waals surface area contributed by atoms with Gasteiger partial charge in [-0.05, 0) is 82.8 Å². The minimum Gasteiger partial charge on any atom is -0.465 e. The van der Waals surface area contributed by atoms with Crippen molar-refractivity contribution in [3.8, 4) is 0 Å². The molecule has 4 rings (SSSR count). The Balaban J connectivity index is 1.33. The zero-order valence-electron chi connectivity index (χ0n) is 23.5. The second kappa shape index (κ2) is 12.0. The number of amides is 1. The monoisotopic (exact) mass is 519 g/mol. The van der Waals surface area contributed by atoms with E-state index in [1.807, 2.05) is 49.9 Å². The van der Waals surface area contributed by atoms with Gasteiger partial charge in [-0.3, -0.25) is 4.90 Å². The molecule has 3 aromatic rings. The van der Waals surface area contributed by atoms with Gasteiger partial charge in [0.2, 0.25) is 0 Å². The van der Waals surface area contributed by atoms with E-state index in [-0.39, 0.29) is 12.1 Å². The lowest BCUT2D eigenvalue weighted by Gasteiger charge is -2.35. The lowest BCUT2D eigenvalue weighted by molar-refractivity contribution is 0.0144. The Labute approximate surface area is 226 Å². The number of hydrogen-bond acceptors (Lipinski definition) is 5. The molecular weight excluding hydrogens is 478 g/mol. The Morgan fingerprint density at radius 2 is 1.55 bits per heavy atom. The number of unbranched alkanes of at least 4 members (excludes halogenated alkanes) is 1. The molecule has 38 heavy (non-hydrogen) atoms. The van der Waals surface area contributed by atoms with Crippen LogP contribution in [0.15, 0.2) is 48.5 Å². The van der Waals surface area contributed by atoms with Crippen molar-refractivity contribution in [2.45, 2.75) is 59.1 Å². The number of carbonyl (C=O) groups is 2. The molecule has 7 nitrogen and oxygen atoms in total. The van der Waals surface area contributed by atoms with Gasteiger partial charge in [-0.25, -0.2) is 9.59 Å². The summed E-state index contributed by atoms with van der Waals surface area (Å²) in [5.41, 5.74) is 5.20. The van der Waals surface area contributed by atoms with Crippen molar-refractivity contribution in [2.24, 2.45) is 0 Å². The number of ether oxygens (including phenoxy) is 2. The molecule has 0 atom stereocenters. The van der Waals surface area contributed by atoms with Gasteiger partial charge in [0, 0.05) is 49.3 Å². The van der Waals surface area contributed by atoms with Crippen LogP contribution in [0.4, 0.5) is 4.79 Å². The molecule has 2 heterocycles. The molecule has 7 heteroatoms. The van der Waals surface area contributed by atoms with E-state index in [4.69, 9.17) is 9.47 Å². The molecule has 0 bridgehead atoms. The van der Waals surface area contributed by atoms with E-state index in [1.165, 1.54) is 34.8 Å². The number of para-hydroxylation sites is 1. The SMILES string of the molecule is COC(=O)c1ccc(Cc2c(C)n(CCCCN3CCN(C(=O)OC(C)(C)C)CC3)c3ccccc23)cc1. The molecule has 1 fully saturated rings. The third-order valence-corrected chi connectivity index (χ3v) is 7.25. The molecule has 1 aromatic heterocycles. The summed E-state index contributed by atoms with van der Waals surface area (Å²) < 4.78 is 12.8. The topological polar surface area (TPSA) is 64.0 Å². The highest BCUT2D eigenvalue weighted by molar-refractivity contribution is 5.89. The van der Waals surface area contributed by atoms with Gasteiger partial charge in [0.1, 0.15) is 5.60 Å². The van der Waals surface area contributed by atoms with Crippen LogP contribution in [0.25, 0.3) is 10.9 Å². The van der Waals surface area contributed by atoms with Crippen LogP contribution < -0.4 is 0 Å². The second-order valence-corrected chi connectivity index (χ2v) is 11.1. The number of fused-ring (bicyclic) bond motifs is 1. The normalized spacial score (nSPS) is 14.6. The van der Waals surface area contributed by atoms with Crippen molar-refractivity contribution in [3.63, 3.8) is 0 Å². The second-order valence-electron chi connectivity index (χ2n) is 11.1. The number of rotatable bonds is 8. The highest BCUT2D eigenvalue weighted by Crippen LogP contribution is 2.28. The van der Waals surface area contributed by atoms with Gasteiger partial charge in [-0.2, -0.15) is 0 Å².